The summed E-state index contributed by atoms with van der Waals surface area (Å²) in [6.07, 6.45) is 3.43. The van der Waals surface area contributed by atoms with Crippen molar-refractivity contribution in [1.82, 2.24) is 0 Å². The third-order valence-corrected chi connectivity index (χ3v) is 6.85. The topological polar surface area (TPSA) is 12.0 Å². The second-order valence-electron chi connectivity index (χ2n) is 6.85. The van der Waals surface area contributed by atoms with Crippen LogP contribution in [0.4, 0.5) is 5.69 Å². The standard InChI is InChI=1S/C18H17.C6H6N.2ClH.Ti/c1-12-8-10-17(13(12)2)18-11-9-15-6-4-5-7-16(15)14(18)3;7-6-4-2-1-3-5-6;;;/h4-9,11H,3,10H2,1-2H3;1-5,7H;2*1H;/q;-1;;;+1. The van der Waals surface area contributed by atoms with Crippen LogP contribution in [0.1, 0.15) is 31.4 Å². The van der Waals surface area contributed by atoms with Crippen LogP contribution in [0.5, 0.6) is 0 Å². The fourth-order valence-corrected chi connectivity index (χ4v) is 5.26. The predicted octanol–water partition coefficient (Wildman–Crippen LogP) is 7.42. The van der Waals surface area contributed by atoms with Crippen LogP contribution in [0.25, 0.3) is 16.3 Å². The van der Waals surface area contributed by atoms with E-state index in [0.29, 0.717) is 0 Å². The van der Waals surface area contributed by atoms with Crippen LogP contribution in [0.2, 0.25) is 0 Å². The summed E-state index contributed by atoms with van der Waals surface area (Å²) in [6, 6.07) is 24.0. The van der Waals surface area contributed by atoms with Gasteiger partial charge in [0.1, 0.15) is 0 Å². The predicted molar refractivity (Wildman–Crippen MR) is 123 cm³/mol. The molecule has 1 aliphatic rings. The van der Waals surface area contributed by atoms with Crippen molar-refractivity contribution >= 4 is 46.8 Å². The number of rotatable bonds is 5. The van der Waals surface area contributed by atoms with Crippen molar-refractivity contribution in [3.05, 3.63) is 95.1 Å². The van der Waals surface area contributed by atoms with Crippen LogP contribution < -0.4 is 3.80 Å². The number of allylic oxidation sites excluding steroid dienone is 4. The molecule has 0 saturated carbocycles. The van der Waals surface area contributed by atoms with Crippen LogP contribution in [-0.2, 0) is 24.1 Å². The minimum Gasteiger partial charge on any atom is -0.147 e. The normalized spacial score (nSPS) is 12.9. The van der Waals surface area contributed by atoms with Crippen molar-refractivity contribution in [3.8, 4) is 0 Å². The maximum absolute atomic E-state index is 3.69. The number of para-hydroxylation sites is 1. The Hall–Kier alpha value is -1.51. The maximum atomic E-state index is 3.69. The van der Waals surface area contributed by atoms with E-state index in [1.807, 2.05) is 0 Å². The molecule has 1 aliphatic carbocycles. The Balaban J connectivity index is 0.00000140. The molecule has 144 valence electrons. The van der Waals surface area contributed by atoms with Crippen LogP contribution >= 0.6 is 24.8 Å². The molecule has 0 heterocycles. The number of benzene rings is 3. The van der Waals surface area contributed by atoms with Crippen LogP contribution in [0.3, 0.4) is 0 Å². The van der Waals surface area contributed by atoms with E-state index in [2.05, 4.69) is 90.5 Å². The molecule has 0 aromatic heterocycles. The van der Waals surface area contributed by atoms with Crippen LogP contribution in [0.15, 0.2) is 84.0 Å². The van der Waals surface area contributed by atoms with Crippen molar-refractivity contribution in [1.29, 1.82) is 0 Å². The van der Waals surface area contributed by atoms with E-state index in [4.69, 9.17) is 0 Å². The minimum absolute atomic E-state index is 0. The zero-order chi connectivity index (χ0) is 17.9. The molecule has 0 aliphatic heterocycles. The number of halogens is 2. The molecule has 0 saturated heterocycles. The molecule has 28 heavy (non-hydrogen) atoms. The molecule has 0 spiro atoms. The summed E-state index contributed by atoms with van der Waals surface area (Å²) in [5.74, 6) is 0. The summed E-state index contributed by atoms with van der Waals surface area (Å²) in [6.45, 7) is 4.50. The second-order valence-corrected chi connectivity index (χ2v) is 8.35. The number of fused-ring (bicyclic) bond motifs is 1. The molecule has 4 rings (SSSR count). The van der Waals surface area contributed by atoms with Crippen molar-refractivity contribution in [2.75, 3.05) is 3.80 Å². The number of anilines is 1. The van der Waals surface area contributed by atoms with E-state index in [1.54, 1.807) is 0 Å². The fraction of sp³-hybridized carbons (Fsp3) is 0.167. The van der Waals surface area contributed by atoms with Gasteiger partial charge in [0.15, 0.2) is 0 Å². The van der Waals surface area contributed by atoms with Gasteiger partial charge < -0.3 is 0 Å². The van der Waals surface area contributed by atoms with E-state index in [1.165, 1.54) is 44.3 Å². The van der Waals surface area contributed by atoms with Crippen molar-refractivity contribution < 1.29 is 19.4 Å². The Morgan fingerprint density at radius 1 is 0.857 bits per heavy atom. The average molecular weight is 446 g/mol. The maximum Gasteiger partial charge on any atom is -0.147 e. The first-order valence-corrected chi connectivity index (χ1v) is 11.0. The van der Waals surface area contributed by atoms with Gasteiger partial charge in [-0.05, 0) is 0 Å². The van der Waals surface area contributed by atoms with Gasteiger partial charge in [0.25, 0.3) is 0 Å². The fourth-order valence-electron chi connectivity index (χ4n) is 3.68. The molecule has 0 fully saturated rings. The van der Waals surface area contributed by atoms with E-state index in [0.717, 1.165) is 11.1 Å². The molecule has 3 aromatic rings. The zero-order valence-electron chi connectivity index (χ0n) is 16.2. The third-order valence-electron chi connectivity index (χ3n) is 5.29. The molecule has 0 amide bonds. The summed E-state index contributed by atoms with van der Waals surface area (Å²) in [5, 5.41) is 2.76. The zero-order valence-corrected chi connectivity index (χ0v) is 19.4. The van der Waals surface area contributed by atoms with Gasteiger partial charge in [-0.25, -0.2) is 0 Å². The van der Waals surface area contributed by atoms with Crippen LogP contribution in [0, 0.1) is 0 Å². The Morgan fingerprint density at radius 3 is 2.29 bits per heavy atom. The average Bonchev–Trinajstić information content (AvgIpc) is 3.01. The summed E-state index contributed by atoms with van der Waals surface area (Å²) < 4.78 is 4.83. The van der Waals surface area contributed by atoms with Crippen molar-refractivity contribution in [2.45, 2.75) is 25.0 Å². The SMILES string of the molecule is CC1=CCC(c2ccc3ccccc3c2[CH2][Ti][NH]c2ccccc2)=C1C.Cl.Cl. The molecule has 1 N–H and O–H groups in total. The number of hydrogen-bond acceptors (Lipinski definition) is 1. The van der Waals surface area contributed by atoms with Gasteiger partial charge in [-0.1, -0.05) is 0 Å². The molecule has 0 unspecified atom stereocenters. The Bertz CT molecular complexity index is 1010. The smallest absolute Gasteiger partial charge is 0.147 e. The molecule has 3 aromatic carbocycles. The van der Waals surface area contributed by atoms with Gasteiger partial charge in [0.05, 0.1) is 0 Å². The molecule has 0 radical (unpaired) electrons. The first-order valence-electron chi connectivity index (χ1n) is 9.16. The van der Waals surface area contributed by atoms with Gasteiger partial charge in [-0.2, -0.15) is 0 Å². The van der Waals surface area contributed by atoms with Crippen LogP contribution in [-0.4, -0.2) is 0 Å². The van der Waals surface area contributed by atoms with Gasteiger partial charge in [-0.15, -0.1) is 24.8 Å². The van der Waals surface area contributed by atoms with Gasteiger partial charge in [0, 0.05) is 0 Å². The monoisotopic (exact) mass is 445 g/mol. The Morgan fingerprint density at radius 2 is 1.57 bits per heavy atom. The van der Waals surface area contributed by atoms with Gasteiger partial charge in [-0.3, -0.25) is 0 Å². The minimum atomic E-state index is -0.304. The van der Waals surface area contributed by atoms with Crippen molar-refractivity contribution in [2.24, 2.45) is 0 Å². The Labute approximate surface area is 189 Å². The first kappa shape index (κ1) is 22.8. The quantitative estimate of drug-likeness (QED) is 0.403. The third kappa shape index (κ3) is 4.72. The van der Waals surface area contributed by atoms with Gasteiger partial charge in [0.2, 0.25) is 0 Å². The number of nitrogens with one attached hydrogen (secondary N) is 1. The molecule has 1 nitrogen and oxygen atoms in total. The molecule has 0 atom stereocenters. The number of hydrogen-bond donors (Lipinski definition) is 1. The molecule has 4 heteroatoms. The van der Waals surface area contributed by atoms with Crippen molar-refractivity contribution in [3.63, 3.8) is 0 Å². The summed E-state index contributed by atoms with van der Waals surface area (Å²) in [5.41, 5.74) is 8.60. The molecule has 0 bridgehead atoms. The van der Waals surface area contributed by atoms with E-state index >= 15 is 0 Å². The molecular weight excluding hydrogens is 421 g/mol. The van der Waals surface area contributed by atoms with E-state index < -0.39 is 0 Å². The Kier molecular flexibility index (Phi) is 8.40. The van der Waals surface area contributed by atoms with E-state index in [-0.39, 0.29) is 44.2 Å². The second kappa shape index (κ2) is 10.3. The summed E-state index contributed by atoms with van der Waals surface area (Å²) in [4.78, 5) is 0. The first-order chi connectivity index (χ1) is 12.7. The summed E-state index contributed by atoms with van der Waals surface area (Å²) in [7, 11) is 0. The summed E-state index contributed by atoms with van der Waals surface area (Å²) >= 11 is -0.304. The largest absolute Gasteiger partial charge is 0.147 e. The van der Waals surface area contributed by atoms with E-state index in [9.17, 15) is 0 Å². The molecular formula is C24H25Cl2NTi. The van der Waals surface area contributed by atoms with Gasteiger partial charge >= 0.3 is 165 Å².